The third kappa shape index (κ3) is 5.61. The Kier molecular flexibility index (Phi) is 7.14. The molecule has 1 saturated carbocycles. The molecule has 1 fully saturated rings. The van der Waals surface area contributed by atoms with Gasteiger partial charge in [-0.25, -0.2) is 8.42 Å². The van der Waals surface area contributed by atoms with Crippen molar-refractivity contribution in [2.24, 2.45) is 5.92 Å². The van der Waals surface area contributed by atoms with Gasteiger partial charge in [-0.05, 0) is 37.5 Å². The zero-order valence-electron chi connectivity index (χ0n) is 12.0. The van der Waals surface area contributed by atoms with E-state index in [9.17, 15) is 13.5 Å². The van der Waals surface area contributed by atoms with E-state index < -0.39 is 9.84 Å². The van der Waals surface area contributed by atoms with Gasteiger partial charge >= 0.3 is 0 Å². The van der Waals surface area contributed by atoms with Gasteiger partial charge in [-0.1, -0.05) is 13.3 Å². The number of thioether (sulfide) groups is 1. The summed E-state index contributed by atoms with van der Waals surface area (Å²) in [6.07, 6.45) is 5.73. The van der Waals surface area contributed by atoms with Crippen molar-refractivity contribution in [2.45, 2.75) is 38.1 Å². The van der Waals surface area contributed by atoms with Gasteiger partial charge in [-0.15, -0.1) is 0 Å². The quantitative estimate of drug-likeness (QED) is 0.628. The zero-order chi connectivity index (χ0) is 14.4. The molecule has 1 aliphatic carbocycles. The van der Waals surface area contributed by atoms with Crippen LogP contribution >= 0.6 is 11.8 Å². The van der Waals surface area contributed by atoms with E-state index in [1.807, 2.05) is 0 Å². The van der Waals surface area contributed by atoms with Crippen molar-refractivity contribution in [1.82, 2.24) is 5.32 Å². The van der Waals surface area contributed by atoms with Gasteiger partial charge < -0.3 is 10.4 Å². The topological polar surface area (TPSA) is 66.4 Å². The maximum Gasteiger partial charge on any atom is 0.148 e. The summed E-state index contributed by atoms with van der Waals surface area (Å²) in [7, 11) is -2.83. The van der Waals surface area contributed by atoms with Crippen molar-refractivity contribution in [2.75, 3.05) is 36.7 Å². The first-order chi connectivity index (χ1) is 8.93. The Labute approximate surface area is 121 Å². The fourth-order valence-corrected chi connectivity index (χ4v) is 5.29. The fraction of sp³-hybridized carbons (Fsp3) is 1.00. The van der Waals surface area contributed by atoms with Crippen LogP contribution in [0.5, 0.6) is 0 Å². The van der Waals surface area contributed by atoms with Crippen molar-refractivity contribution in [3.8, 4) is 0 Å². The van der Waals surface area contributed by atoms with E-state index in [-0.39, 0.29) is 17.9 Å². The molecule has 0 bridgehead atoms. The lowest BCUT2D eigenvalue weighted by Gasteiger charge is -2.35. The van der Waals surface area contributed by atoms with E-state index >= 15 is 0 Å². The van der Waals surface area contributed by atoms with E-state index in [2.05, 4.69) is 12.2 Å². The molecule has 2 N–H and O–H groups in total. The van der Waals surface area contributed by atoms with Crippen LogP contribution in [0.25, 0.3) is 0 Å². The summed E-state index contributed by atoms with van der Waals surface area (Å²) in [6, 6.07) is 0. The maximum absolute atomic E-state index is 11.0. The summed E-state index contributed by atoms with van der Waals surface area (Å²) in [5.41, 5.74) is -0.0911. The molecule has 1 rings (SSSR count). The largest absolute Gasteiger partial charge is 0.394 e. The Morgan fingerprint density at radius 1 is 1.42 bits per heavy atom. The standard InChI is InChI=1S/C13H27NO3S2/c1-3-14-13(11-15)7-4-5-12(13)6-8-18-9-10-19(2,16)17/h12,14-15H,3-11H2,1-2H3. The first kappa shape index (κ1) is 17.3. The lowest BCUT2D eigenvalue weighted by molar-refractivity contribution is 0.124. The van der Waals surface area contributed by atoms with Gasteiger partial charge in [0.2, 0.25) is 0 Å². The van der Waals surface area contributed by atoms with Gasteiger partial charge in [0.05, 0.1) is 12.4 Å². The highest BCUT2D eigenvalue weighted by atomic mass is 32.2. The number of likely N-dealkylation sites (N-methyl/N-ethyl adjacent to an activating group) is 1. The predicted molar refractivity (Wildman–Crippen MR) is 82.5 cm³/mol. The average molecular weight is 309 g/mol. The third-order valence-corrected chi connectivity index (χ3v) is 6.20. The maximum atomic E-state index is 11.0. The molecular formula is C13H27NO3S2. The molecule has 0 aromatic rings. The Hall–Kier alpha value is 0.220. The summed E-state index contributed by atoms with van der Waals surface area (Å²) in [6.45, 7) is 3.17. The van der Waals surface area contributed by atoms with Gasteiger partial charge in [0.25, 0.3) is 0 Å². The second-order valence-corrected chi connectivity index (χ2v) is 8.95. The second kappa shape index (κ2) is 7.86. The molecule has 0 aromatic heterocycles. The molecule has 114 valence electrons. The minimum atomic E-state index is -2.83. The third-order valence-electron chi connectivity index (χ3n) is 3.98. The molecule has 0 saturated heterocycles. The summed E-state index contributed by atoms with van der Waals surface area (Å²) < 4.78 is 22.1. The lowest BCUT2D eigenvalue weighted by Crippen LogP contribution is -2.51. The van der Waals surface area contributed by atoms with E-state index in [0.717, 1.165) is 25.1 Å². The molecule has 2 atom stereocenters. The normalized spacial score (nSPS) is 27.8. The first-order valence-corrected chi connectivity index (χ1v) is 10.3. The minimum absolute atomic E-state index is 0.0911. The average Bonchev–Trinajstić information content (AvgIpc) is 2.71. The minimum Gasteiger partial charge on any atom is -0.394 e. The molecule has 0 radical (unpaired) electrons. The molecular weight excluding hydrogens is 282 g/mol. The first-order valence-electron chi connectivity index (χ1n) is 7.05. The van der Waals surface area contributed by atoms with Gasteiger partial charge in [0, 0.05) is 17.5 Å². The van der Waals surface area contributed by atoms with Crippen LogP contribution in [0.3, 0.4) is 0 Å². The number of nitrogens with one attached hydrogen (secondary N) is 1. The highest BCUT2D eigenvalue weighted by molar-refractivity contribution is 8.00. The number of rotatable bonds is 9. The van der Waals surface area contributed by atoms with E-state index in [4.69, 9.17) is 0 Å². The van der Waals surface area contributed by atoms with Crippen LogP contribution in [0.1, 0.15) is 32.6 Å². The van der Waals surface area contributed by atoms with E-state index in [1.54, 1.807) is 11.8 Å². The molecule has 6 heteroatoms. The summed E-state index contributed by atoms with van der Waals surface area (Å²) in [5.74, 6) is 2.44. The van der Waals surface area contributed by atoms with Crippen LogP contribution in [0.15, 0.2) is 0 Å². The molecule has 0 aromatic carbocycles. The van der Waals surface area contributed by atoms with Crippen molar-refractivity contribution in [3.63, 3.8) is 0 Å². The Morgan fingerprint density at radius 2 is 2.16 bits per heavy atom. The lowest BCUT2D eigenvalue weighted by atomic mass is 9.86. The second-order valence-electron chi connectivity index (χ2n) is 5.46. The molecule has 4 nitrogen and oxygen atoms in total. The van der Waals surface area contributed by atoms with Crippen LogP contribution in [-0.4, -0.2) is 55.7 Å². The van der Waals surface area contributed by atoms with Crippen molar-refractivity contribution >= 4 is 21.6 Å². The van der Waals surface area contributed by atoms with Gasteiger partial charge in [0.15, 0.2) is 0 Å². The van der Waals surface area contributed by atoms with E-state index in [0.29, 0.717) is 11.7 Å². The highest BCUT2D eigenvalue weighted by Crippen LogP contribution is 2.38. The fourth-order valence-electron chi connectivity index (χ4n) is 2.95. The molecule has 2 unspecified atom stereocenters. The number of sulfone groups is 1. The molecule has 1 aliphatic rings. The van der Waals surface area contributed by atoms with Crippen molar-refractivity contribution in [1.29, 1.82) is 0 Å². The Bertz CT molecular complexity index is 359. The van der Waals surface area contributed by atoms with Crippen molar-refractivity contribution in [3.05, 3.63) is 0 Å². The summed E-state index contributed by atoms with van der Waals surface area (Å²) >= 11 is 1.71. The Morgan fingerprint density at radius 3 is 2.74 bits per heavy atom. The van der Waals surface area contributed by atoms with E-state index in [1.165, 1.54) is 19.1 Å². The smallest absolute Gasteiger partial charge is 0.148 e. The molecule has 0 spiro atoms. The summed E-state index contributed by atoms with van der Waals surface area (Å²) in [4.78, 5) is 0. The van der Waals surface area contributed by atoms with Gasteiger partial charge in [-0.3, -0.25) is 0 Å². The predicted octanol–water partition coefficient (Wildman–Crippen LogP) is 1.30. The van der Waals surface area contributed by atoms with Crippen LogP contribution in [0.4, 0.5) is 0 Å². The molecule has 0 heterocycles. The molecule has 19 heavy (non-hydrogen) atoms. The van der Waals surface area contributed by atoms with Crippen LogP contribution < -0.4 is 5.32 Å². The number of aliphatic hydroxyl groups is 1. The number of hydrogen-bond donors (Lipinski definition) is 2. The SMILES string of the molecule is CCNC1(CO)CCCC1CCSCCS(C)(=O)=O. The number of hydrogen-bond acceptors (Lipinski definition) is 5. The Balaban J connectivity index is 2.31. The summed E-state index contributed by atoms with van der Waals surface area (Å²) in [5, 5.41) is 13.1. The van der Waals surface area contributed by atoms with Crippen LogP contribution in [0, 0.1) is 5.92 Å². The number of aliphatic hydroxyl groups excluding tert-OH is 1. The molecule has 0 aliphatic heterocycles. The highest BCUT2D eigenvalue weighted by Gasteiger charge is 2.40. The van der Waals surface area contributed by atoms with Crippen LogP contribution in [0.2, 0.25) is 0 Å². The molecule has 0 amide bonds. The monoisotopic (exact) mass is 309 g/mol. The zero-order valence-corrected chi connectivity index (χ0v) is 13.7. The van der Waals surface area contributed by atoms with Crippen molar-refractivity contribution < 1.29 is 13.5 Å². The van der Waals surface area contributed by atoms with Gasteiger partial charge in [0.1, 0.15) is 9.84 Å². The van der Waals surface area contributed by atoms with Gasteiger partial charge in [-0.2, -0.15) is 11.8 Å². The van der Waals surface area contributed by atoms with Crippen LogP contribution in [-0.2, 0) is 9.84 Å².